The Kier molecular flexibility index (Phi) is 5.76. The van der Waals surface area contributed by atoms with Gasteiger partial charge < -0.3 is 0 Å². The first kappa shape index (κ1) is 19.7. The molecule has 132 valence electrons. The average Bonchev–Trinajstić information content (AvgIpc) is 2.58. The molecule has 6 nitrogen and oxygen atoms in total. The van der Waals surface area contributed by atoms with E-state index in [4.69, 9.17) is 0 Å². The van der Waals surface area contributed by atoms with Gasteiger partial charge >= 0.3 is 17.1 Å². The molecule has 1 aromatic heterocycles. The molecule has 0 fully saturated rings. The van der Waals surface area contributed by atoms with Gasteiger partial charge in [-0.25, -0.2) is 28.1 Å². The lowest BCUT2D eigenvalue weighted by molar-refractivity contribution is 0.551. The van der Waals surface area contributed by atoms with E-state index in [0.717, 1.165) is 13.7 Å². The molecule has 0 saturated heterocycles. The largest absolute Gasteiger partial charge is 0.335 e. The van der Waals surface area contributed by atoms with Gasteiger partial charge in [-0.05, 0) is 74.9 Å². The minimum absolute atomic E-state index is 0.608. The van der Waals surface area contributed by atoms with Gasteiger partial charge in [0.2, 0.25) is 0 Å². The van der Waals surface area contributed by atoms with Gasteiger partial charge in [0.05, 0.1) is 0 Å². The van der Waals surface area contributed by atoms with Gasteiger partial charge in [-0.15, -0.1) is 0 Å². The highest BCUT2D eigenvalue weighted by Crippen LogP contribution is 2.24. The van der Waals surface area contributed by atoms with Crippen LogP contribution < -0.4 is 17.1 Å². The summed E-state index contributed by atoms with van der Waals surface area (Å²) in [5.74, 6) is 0. The molecule has 0 aliphatic carbocycles. The Hall–Kier alpha value is -2.37. The highest BCUT2D eigenvalue weighted by molar-refractivity contribution is 5.48. The van der Waals surface area contributed by atoms with Gasteiger partial charge in [-0.1, -0.05) is 0 Å². The molecule has 6 heteroatoms. The van der Waals surface area contributed by atoms with Gasteiger partial charge in [0.25, 0.3) is 0 Å². The molecule has 0 aliphatic rings. The molecule has 0 unspecified atom stereocenters. The topological polar surface area (TPSA) is 66.0 Å². The fourth-order valence-electron chi connectivity index (χ4n) is 2.61. The maximum Gasteiger partial charge on any atom is 0.335 e. The molecule has 1 heterocycles. The van der Waals surface area contributed by atoms with Crippen LogP contribution in [0.1, 0.15) is 33.4 Å². The van der Waals surface area contributed by atoms with Crippen LogP contribution in [0.15, 0.2) is 14.4 Å². The van der Waals surface area contributed by atoms with Crippen LogP contribution >= 0.6 is 0 Å². The number of benzene rings is 1. The summed E-state index contributed by atoms with van der Waals surface area (Å²) in [6, 6.07) is 0. The number of rotatable bonds is 0. The van der Waals surface area contributed by atoms with Crippen molar-refractivity contribution in [3.05, 3.63) is 64.8 Å². The summed E-state index contributed by atoms with van der Waals surface area (Å²) in [6.07, 6.45) is 0. The first-order chi connectivity index (χ1) is 10.9. The van der Waals surface area contributed by atoms with Gasteiger partial charge in [0, 0.05) is 21.1 Å². The Morgan fingerprint density at radius 2 is 0.542 bits per heavy atom. The van der Waals surface area contributed by atoms with E-state index in [1.807, 2.05) is 0 Å². The van der Waals surface area contributed by atoms with Crippen LogP contribution in [0, 0.1) is 41.5 Å². The molecule has 0 saturated carbocycles. The molecule has 1 aromatic carbocycles. The zero-order valence-electron chi connectivity index (χ0n) is 16.1. The normalized spacial score (nSPS) is 10.4. The molecular weight excluding hydrogens is 306 g/mol. The zero-order chi connectivity index (χ0) is 18.9. The third kappa shape index (κ3) is 3.27. The summed E-state index contributed by atoms with van der Waals surface area (Å²) in [5.41, 5.74) is 6.90. The second-order valence-corrected chi connectivity index (χ2v) is 6.27. The average molecular weight is 333 g/mol. The van der Waals surface area contributed by atoms with Crippen LogP contribution in [0.4, 0.5) is 0 Å². The van der Waals surface area contributed by atoms with E-state index < -0.39 is 17.1 Å². The summed E-state index contributed by atoms with van der Waals surface area (Å²) < 4.78 is 2.63. The molecule has 0 aliphatic heterocycles. The first-order valence-corrected chi connectivity index (χ1v) is 7.80. The highest BCUT2D eigenvalue weighted by atomic mass is 16.2. The Morgan fingerprint density at radius 3 is 0.667 bits per heavy atom. The van der Waals surface area contributed by atoms with Crippen molar-refractivity contribution in [1.29, 1.82) is 0 Å². The predicted octanol–water partition coefficient (Wildman–Crippen LogP) is 1.32. The van der Waals surface area contributed by atoms with Crippen LogP contribution in [0.25, 0.3) is 0 Å². The van der Waals surface area contributed by atoms with E-state index >= 15 is 0 Å². The Bertz CT molecular complexity index is 753. The Labute approximate surface area is 142 Å². The van der Waals surface area contributed by atoms with Crippen molar-refractivity contribution in [3.8, 4) is 0 Å². The van der Waals surface area contributed by atoms with Gasteiger partial charge in [0.1, 0.15) is 0 Å². The van der Waals surface area contributed by atoms with Crippen molar-refractivity contribution in [2.75, 3.05) is 0 Å². The predicted molar refractivity (Wildman–Crippen MR) is 97.0 cm³/mol. The minimum atomic E-state index is -0.608. The van der Waals surface area contributed by atoms with Crippen molar-refractivity contribution in [3.63, 3.8) is 0 Å². The minimum Gasteiger partial charge on any atom is -0.248 e. The van der Waals surface area contributed by atoms with Gasteiger partial charge in [-0.2, -0.15) is 0 Å². The molecule has 0 N–H and O–H groups in total. The number of hydrogen-bond acceptors (Lipinski definition) is 3. The van der Waals surface area contributed by atoms with Crippen LogP contribution in [0.2, 0.25) is 0 Å². The smallest absolute Gasteiger partial charge is 0.248 e. The van der Waals surface area contributed by atoms with Crippen LogP contribution in [-0.2, 0) is 21.1 Å². The lowest BCUT2D eigenvalue weighted by atomic mass is 9.90. The fraction of sp³-hybridized carbons (Fsp3) is 0.500. The van der Waals surface area contributed by atoms with Crippen LogP contribution in [-0.4, -0.2) is 13.7 Å². The second-order valence-electron chi connectivity index (χ2n) is 6.27. The van der Waals surface area contributed by atoms with E-state index in [1.54, 1.807) is 0 Å². The number of hydrogen-bond donors (Lipinski definition) is 0. The third-order valence-electron chi connectivity index (χ3n) is 5.10. The molecule has 2 aromatic rings. The lowest BCUT2D eigenvalue weighted by Crippen LogP contribution is -2.51. The van der Waals surface area contributed by atoms with Crippen molar-refractivity contribution in [2.45, 2.75) is 41.5 Å². The van der Waals surface area contributed by atoms with Gasteiger partial charge in [0.15, 0.2) is 0 Å². The molecule has 24 heavy (non-hydrogen) atoms. The number of aromatic nitrogens is 3. The molecule has 2 rings (SSSR count). The quantitative estimate of drug-likeness (QED) is 0.730. The van der Waals surface area contributed by atoms with E-state index in [1.165, 1.54) is 54.5 Å². The molecule has 0 atom stereocenters. The third-order valence-corrected chi connectivity index (χ3v) is 5.10. The van der Waals surface area contributed by atoms with E-state index in [9.17, 15) is 14.4 Å². The van der Waals surface area contributed by atoms with Crippen molar-refractivity contribution >= 4 is 0 Å². The highest BCUT2D eigenvalue weighted by Gasteiger charge is 2.07. The standard InChI is InChI=1S/C12H18.C6H9N3O3/c1-7-8(2)10(4)12(6)11(5)9(7)3;1-7-4(10)8(2)6(12)9(3)5(7)11/h1-6H3;1-3H3. The summed E-state index contributed by atoms with van der Waals surface area (Å²) in [5, 5.41) is 0. The molecule has 0 radical (unpaired) electrons. The summed E-state index contributed by atoms with van der Waals surface area (Å²) >= 11 is 0. The monoisotopic (exact) mass is 333 g/mol. The molecular formula is C18H27N3O3. The van der Waals surface area contributed by atoms with Crippen LogP contribution in [0.3, 0.4) is 0 Å². The Balaban J connectivity index is 0.000000240. The van der Waals surface area contributed by atoms with E-state index in [0.29, 0.717) is 0 Å². The molecule has 0 amide bonds. The van der Waals surface area contributed by atoms with E-state index in [2.05, 4.69) is 41.5 Å². The maximum absolute atomic E-state index is 11.1. The maximum atomic E-state index is 11.1. The SMILES string of the molecule is Cc1c(C)c(C)c(C)c(C)c1C.Cn1c(=O)n(C)c(=O)n(C)c1=O. The first-order valence-electron chi connectivity index (χ1n) is 7.80. The van der Waals surface area contributed by atoms with Crippen molar-refractivity contribution in [2.24, 2.45) is 21.1 Å². The Morgan fingerprint density at radius 1 is 0.417 bits per heavy atom. The fourth-order valence-corrected chi connectivity index (χ4v) is 2.61. The number of nitrogens with zero attached hydrogens (tertiary/aromatic N) is 3. The lowest BCUT2D eigenvalue weighted by Gasteiger charge is -2.15. The van der Waals surface area contributed by atoms with Crippen molar-refractivity contribution in [1.82, 2.24) is 13.7 Å². The molecule has 0 spiro atoms. The zero-order valence-corrected chi connectivity index (χ0v) is 16.1. The van der Waals surface area contributed by atoms with Gasteiger partial charge in [-0.3, -0.25) is 0 Å². The van der Waals surface area contributed by atoms with E-state index in [-0.39, 0.29) is 0 Å². The summed E-state index contributed by atoms with van der Waals surface area (Å²) in [4.78, 5) is 33.2. The summed E-state index contributed by atoms with van der Waals surface area (Å²) in [6.45, 7) is 13.3. The second kappa shape index (κ2) is 7.03. The van der Waals surface area contributed by atoms with Crippen LogP contribution in [0.5, 0.6) is 0 Å². The van der Waals surface area contributed by atoms with Crippen molar-refractivity contribution < 1.29 is 0 Å². The summed E-state index contributed by atoms with van der Waals surface area (Å²) in [7, 11) is 3.97. The molecule has 0 bridgehead atoms.